The van der Waals surface area contributed by atoms with Gasteiger partial charge in [0.2, 0.25) is 0 Å². The van der Waals surface area contributed by atoms with Gasteiger partial charge in [-0.25, -0.2) is 0 Å². The van der Waals surface area contributed by atoms with Gasteiger partial charge in [-0.15, -0.1) is 39.1 Å². The summed E-state index contributed by atoms with van der Waals surface area (Å²) in [7, 11) is -2.11. The largest absolute Gasteiger partial charge is 0.372 e. The predicted molar refractivity (Wildman–Crippen MR) is 167 cm³/mol. The van der Waals surface area contributed by atoms with Crippen LogP contribution < -0.4 is 24.1 Å². The normalized spacial score (nSPS) is 11.9. The molecule has 0 bridgehead atoms. The minimum Gasteiger partial charge on any atom is -0.372 e. The first-order chi connectivity index (χ1) is 17.7. The summed E-state index contributed by atoms with van der Waals surface area (Å²) in [6, 6.07) is 28.1. The van der Waals surface area contributed by atoms with Gasteiger partial charge >= 0.3 is 0 Å². The summed E-state index contributed by atoms with van der Waals surface area (Å²) in [5.41, 5.74) is 2.97. The Morgan fingerprint density at radius 1 is 0.722 bits per heavy atom. The van der Waals surface area contributed by atoms with Gasteiger partial charge < -0.3 is 4.90 Å². The van der Waals surface area contributed by atoms with Gasteiger partial charge in [-0.05, 0) is 109 Å². The van der Waals surface area contributed by atoms with Crippen LogP contribution in [0.4, 0.5) is 17.1 Å². The highest BCUT2D eigenvalue weighted by atomic mass is 79.9. The average Bonchev–Trinajstić information content (AvgIpc) is 3.71. The molecule has 0 amide bonds. The molecule has 0 saturated carbocycles. The van der Waals surface area contributed by atoms with Crippen LogP contribution >= 0.6 is 57.2 Å². The van der Waals surface area contributed by atoms with Crippen LogP contribution in [0.1, 0.15) is 13.8 Å². The third kappa shape index (κ3) is 4.88. The highest BCUT2D eigenvalue weighted by Gasteiger charge is 2.52. The van der Waals surface area contributed by atoms with Crippen LogP contribution in [0, 0.1) is 0 Å². The molecule has 182 valence electrons. The molecule has 0 spiro atoms. The summed E-state index contributed by atoms with van der Waals surface area (Å²) in [5, 5.41) is 17.3. The van der Waals surface area contributed by atoms with Crippen LogP contribution in [0.2, 0.25) is 0 Å². The molecular formula is C28H26BrN3PS3+. The molecule has 3 nitrogen and oxygen atoms in total. The number of hydrogen-bond acceptors (Lipinski definition) is 6. The van der Waals surface area contributed by atoms with Gasteiger partial charge in [0, 0.05) is 23.2 Å². The van der Waals surface area contributed by atoms with Crippen LogP contribution in [0.15, 0.2) is 110 Å². The molecule has 2 aromatic carbocycles. The lowest BCUT2D eigenvalue weighted by atomic mass is 10.2. The number of benzene rings is 2. The van der Waals surface area contributed by atoms with Crippen molar-refractivity contribution in [3.8, 4) is 0 Å². The summed E-state index contributed by atoms with van der Waals surface area (Å²) >= 11 is 9.25. The minimum atomic E-state index is -2.11. The van der Waals surface area contributed by atoms with E-state index in [2.05, 4.69) is 130 Å². The summed E-state index contributed by atoms with van der Waals surface area (Å²) in [6.07, 6.45) is 0. The molecule has 0 radical (unpaired) electrons. The number of anilines is 1. The Morgan fingerprint density at radius 3 is 1.75 bits per heavy atom. The van der Waals surface area contributed by atoms with E-state index in [1.807, 2.05) is 34.0 Å². The van der Waals surface area contributed by atoms with Crippen molar-refractivity contribution in [2.45, 2.75) is 13.8 Å². The molecule has 8 heteroatoms. The molecule has 0 aliphatic carbocycles. The molecule has 0 aliphatic heterocycles. The van der Waals surface area contributed by atoms with E-state index in [4.69, 9.17) is 10.2 Å². The Bertz CT molecular complexity index is 1330. The smallest absolute Gasteiger partial charge is 0.178 e. The molecule has 3 heterocycles. The maximum absolute atomic E-state index is 4.86. The molecular weight excluding hydrogens is 585 g/mol. The Kier molecular flexibility index (Phi) is 8.14. The summed E-state index contributed by atoms with van der Waals surface area (Å²) in [4.78, 5) is 2.33. The molecule has 3 aromatic heterocycles. The van der Waals surface area contributed by atoms with Crippen molar-refractivity contribution in [1.82, 2.24) is 0 Å². The number of thiophene rings is 3. The minimum absolute atomic E-state index is 0.854. The van der Waals surface area contributed by atoms with Crippen molar-refractivity contribution in [2.24, 2.45) is 10.2 Å². The van der Waals surface area contributed by atoms with Crippen molar-refractivity contribution >= 4 is 93.4 Å². The number of halogens is 1. The van der Waals surface area contributed by atoms with Crippen molar-refractivity contribution in [2.75, 3.05) is 18.0 Å². The topological polar surface area (TPSA) is 28.0 Å². The van der Waals surface area contributed by atoms with E-state index >= 15 is 0 Å². The standard InChI is InChI=1S/C28H26BrN3PS3/c1-3-32(4-2)23-14-12-22(13-15-23)30-31-24-16-11-21(29)20-25(24)33(26-8-5-17-34-26,27-9-6-18-35-27)28-10-7-19-36-28/h5-20H,3-4H2,1-2H3/q+1. The first kappa shape index (κ1) is 25.5. The first-order valence-electron chi connectivity index (χ1n) is 11.7. The van der Waals surface area contributed by atoms with E-state index in [1.165, 1.54) is 24.8 Å². The average molecular weight is 612 g/mol. The van der Waals surface area contributed by atoms with Crippen molar-refractivity contribution in [3.63, 3.8) is 0 Å². The number of azo groups is 1. The Hall–Kier alpha value is -2.15. The molecule has 0 fully saturated rings. The van der Waals surface area contributed by atoms with Gasteiger partial charge in [0.05, 0.1) is 5.69 Å². The molecule has 0 N–H and O–H groups in total. The summed E-state index contributed by atoms with van der Waals surface area (Å²) in [5.74, 6) is 0. The van der Waals surface area contributed by atoms with E-state index in [9.17, 15) is 0 Å². The van der Waals surface area contributed by atoms with Crippen LogP contribution in [-0.2, 0) is 0 Å². The van der Waals surface area contributed by atoms with E-state index in [0.717, 1.165) is 28.9 Å². The van der Waals surface area contributed by atoms with E-state index in [1.54, 1.807) is 0 Å². The van der Waals surface area contributed by atoms with Crippen molar-refractivity contribution < 1.29 is 0 Å². The highest BCUT2D eigenvalue weighted by Crippen LogP contribution is 2.59. The van der Waals surface area contributed by atoms with Gasteiger partial charge in [0.15, 0.2) is 21.1 Å². The van der Waals surface area contributed by atoms with Crippen molar-refractivity contribution in [1.29, 1.82) is 0 Å². The molecule has 0 aliphatic rings. The third-order valence-electron chi connectivity index (χ3n) is 6.06. The van der Waals surface area contributed by atoms with Crippen LogP contribution in [0.5, 0.6) is 0 Å². The number of nitrogens with zero attached hydrogens (tertiary/aromatic N) is 3. The zero-order valence-electron chi connectivity index (χ0n) is 20.0. The van der Waals surface area contributed by atoms with Gasteiger partial charge in [0.25, 0.3) is 0 Å². The Balaban J connectivity index is 1.66. The second kappa shape index (κ2) is 11.5. The van der Waals surface area contributed by atoms with Gasteiger partial charge in [-0.2, -0.15) is 5.11 Å². The molecule has 0 saturated heterocycles. The van der Waals surface area contributed by atoms with Crippen LogP contribution in [0.25, 0.3) is 0 Å². The van der Waals surface area contributed by atoms with Crippen molar-refractivity contribution in [3.05, 3.63) is 99.5 Å². The lowest BCUT2D eigenvalue weighted by Crippen LogP contribution is -2.35. The summed E-state index contributed by atoms with van der Waals surface area (Å²) in [6.45, 7) is 6.33. The fraction of sp³-hybridized carbons (Fsp3) is 0.143. The van der Waals surface area contributed by atoms with E-state index in [0.29, 0.717) is 0 Å². The highest BCUT2D eigenvalue weighted by molar-refractivity contribution is 9.10. The number of rotatable bonds is 9. The van der Waals surface area contributed by atoms with Crippen LogP contribution in [-0.4, -0.2) is 13.1 Å². The van der Waals surface area contributed by atoms with Gasteiger partial charge in [-0.1, -0.05) is 15.9 Å². The predicted octanol–water partition coefficient (Wildman–Crippen LogP) is 8.51. The van der Waals surface area contributed by atoms with Gasteiger partial charge in [0.1, 0.15) is 11.0 Å². The third-order valence-corrected chi connectivity index (χ3v) is 15.5. The van der Waals surface area contributed by atoms with Gasteiger partial charge in [-0.3, -0.25) is 0 Å². The Morgan fingerprint density at radius 2 is 1.28 bits per heavy atom. The molecule has 0 atom stereocenters. The van der Waals surface area contributed by atoms with Crippen LogP contribution in [0.3, 0.4) is 0 Å². The second-order valence-corrected chi connectivity index (χ2v) is 16.0. The zero-order chi connectivity index (χ0) is 25.0. The summed E-state index contributed by atoms with van der Waals surface area (Å²) < 4.78 is 5.19. The maximum atomic E-state index is 4.86. The Labute approximate surface area is 233 Å². The maximum Gasteiger partial charge on any atom is 0.178 e. The quantitative estimate of drug-likeness (QED) is 0.121. The fourth-order valence-electron chi connectivity index (χ4n) is 4.34. The molecule has 36 heavy (non-hydrogen) atoms. The van der Waals surface area contributed by atoms with E-state index < -0.39 is 7.26 Å². The molecule has 0 unspecified atom stereocenters. The second-order valence-electron chi connectivity index (χ2n) is 8.05. The zero-order valence-corrected chi connectivity index (χ0v) is 25.0. The fourth-order valence-corrected chi connectivity index (χ4v) is 15.0. The monoisotopic (exact) mass is 610 g/mol. The lowest BCUT2D eigenvalue weighted by molar-refractivity contribution is 0.866. The lowest BCUT2D eigenvalue weighted by Gasteiger charge is -2.24. The first-order valence-corrected chi connectivity index (χ1v) is 17.0. The van der Waals surface area contributed by atoms with E-state index in [-0.39, 0.29) is 0 Å². The molecule has 5 rings (SSSR count). The number of hydrogen-bond donors (Lipinski definition) is 0. The molecule has 5 aromatic rings. The SMILES string of the molecule is CCN(CC)c1ccc(N=Nc2ccc(Br)cc2[P+](c2cccs2)(c2cccs2)c2cccs2)cc1.